The molecule has 1 aromatic rings. The average molecular weight is 143 g/mol. The van der Waals surface area contributed by atoms with Crippen LogP contribution in [0.4, 0.5) is 0 Å². The zero-order chi connectivity index (χ0) is 6.85. The van der Waals surface area contributed by atoms with Crippen molar-refractivity contribution in [3.05, 3.63) is 22.5 Å². The molecule has 0 fully saturated rings. The van der Waals surface area contributed by atoms with E-state index in [0.717, 1.165) is 0 Å². The molecule has 0 radical (unpaired) electrons. The van der Waals surface area contributed by atoms with E-state index < -0.39 is 5.43 Å². The molecule has 2 N–H and O–H groups in total. The summed E-state index contributed by atoms with van der Waals surface area (Å²) >= 11 is 3.76. The summed E-state index contributed by atoms with van der Waals surface area (Å²) in [4.78, 5) is 13.1. The number of aromatic nitrogens is 1. The number of hydrogen-bond donors (Lipinski definition) is 3. The van der Waals surface area contributed by atoms with Gasteiger partial charge in [0.05, 0.1) is 0 Å². The van der Waals surface area contributed by atoms with Crippen LogP contribution >= 0.6 is 12.6 Å². The van der Waals surface area contributed by atoms with Crippen molar-refractivity contribution in [1.29, 1.82) is 0 Å². The summed E-state index contributed by atoms with van der Waals surface area (Å²) in [5.74, 6) is -0.333. The van der Waals surface area contributed by atoms with Gasteiger partial charge in [-0.25, -0.2) is 0 Å². The molecule has 1 rings (SSSR count). The van der Waals surface area contributed by atoms with E-state index in [1.807, 2.05) is 0 Å². The van der Waals surface area contributed by atoms with Crippen molar-refractivity contribution >= 4 is 12.6 Å². The molecule has 1 aromatic heterocycles. The molecule has 0 aliphatic carbocycles. The molecule has 0 unspecified atom stereocenters. The topological polar surface area (TPSA) is 53.1 Å². The predicted octanol–water partition coefficient (Wildman–Crippen LogP) is 0.369. The Kier molecular flexibility index (Phi) is 1.48. The SMILES string of the molecule is O=c1cc[nH]c(S)c1O. The minimum Gasteiger partial charge on any atom is -0.502 e. The molecule has 0 aliphatic rings. The van der Waals surface area contributed by atoms with Gasteiger partial charge in [0.2, 0.25) is 5.43 Å². The van der Waals surface area contributed by atoms with Crippen LogP contribution in [-0.4, -0.2) is 10.1 Å². The highest BCUT2D eigenvalue weighted by Crippen LogP contribution is 2.09. The summed E-state index contributed by atoms with van der Waals surface area (Å²) in [5, 5.41) is 8.98. The normalized spacial score (nSPS) is 9.44. The van der Waals surface area contributed by atoms with E-state index in [0.29, 0.717) is 0 Å². The maximum absolute atomic E-state index is 10.5. The molecule has 0 aromatic carbocycles. The van der Waals surface area contributed by atoms with Gasteiger partial charge in [0, 0.05) is 12.3 Å². The molecule has 9 heavy (non-hydrogen) atoms. The van der Waals surface area contributed by atoms with Crippen LogP contribution in [0.2, 0.25) is 0 Å². The van der Waals surface area contributed by atoms with E-state index in [9.17, 15) is 4.79 Å². The van der Waals surface area contributed by atoms with Crippen molar-refractivity contribution in [2.75, 3.05) is 0 Å². The molecule has 0 spiro atoms. The lowest BCUT2D eigenvalue weighted by molar-refractivity contribution is 0.452. The van der Waals surface area contributed by atoms with E-state index in [1.165, 1.54) is 12.3 Å². The van der Waals surface area contributed by atoms with Crippen LogP contribution in [0.1, 0.15) is 0 Å². The summed E-state index contributed by atoms with van der Waals surface area (Å²) in [6.07, 6.45) is 1.42. The smallest absolute Gasteiger partial charge is 0.224 e. The number of nitrogens with one attached hydrogen (secondary N) is 1. The molecular weight excluding hydrogens is 138 g/mol. The van der Waals surface area contributed by atoms with Crippen molar-refractivity contribution in [2.24, 2.45) is 0 Å². The van der Waals surface area contributed by atoms with Gasteiger partial charge >= 0.3 is 0 Å². The fourth-order valence-corrected chi connectivity index (χ4v) is 0.645. The lowest BCUT2D eigenvalue weighted by Crippen LogP contribution is -1.98. The molecule has 0 saturated carbocycles. The standard InChI is InChI=1S/C5H5NO2S/c7-3-1-2-6-5(9)4(3)8/h1-2,8H,(H2,6,7,9). The van der Waals surface area contributed by atoms with Crippen LogP contribution in [0.15, 0.2) is 22.1 Å². The molecule has 0 saturated heterocycles. The van der Waals surface area contributed by atoms with Crippen LogP contribution in [0.3, 0.4) is 0 Å². The van der Waals surface area contributed by atoms with E-state index in [1.54, 1.807) is 0 Å². The summed E-state index contributed by atoms with van der Waals surface area (Å²) in [7, 11) is 0. The highest BCUT2D eigenvalue weighted by atomic mass is 32.1. The third-order valence-electron chi connectivity index (χ3n) is 0.912. The Bertz CT molecular complexity index is 268. The Morgan fingerprint density at radius 1 is 1.67 bits per heavy atom. The van der Waals surface area contributed by atoms with E-state index in [4.69, 9.17) is 5.11 Å². The number of thiol groups is 1. The van der Waals surface area contributed by atoms with Crippen molar-refractivity contribution in [2.45, 2.75) is 5.03 Å². The number of rotatable bonds is 0. The number of hydrogen-bond acceptors (Lipinski definition) is 3. The highest BCUT2D eigenvalue weighted by molar-refractivity contribution is 7.80. The molecule has 4 heteroatoms. The molecular formula is C5H5NO2S. The Balaban J connectivity index is 3.43. The Morgan fingerprint density at radius 2 is 2.33 bits per heavy atom. The first kappa shape index (κ1) is 6.22. The first-order valence-corrected chi connectivity index (χ1v) is 2.76. The summed E-state index contributed by atoms with van der Waals surface area (Å²) in [5.41, 5.74) is -0.418. The fourth-order valence-electron chi connectivity index (χ4n) is 0.460. The lowest BCUT2D eigenvalue weighted by atomic mass is 10.4. The maximum Gasteiger partial charge on any atom is 0.224 e. The number of aromatic hydroxyl groups is 1. The summed E-state index contributed by atoms with van der Waals surface area (Å²) in [6, 6.07) is 1.23. The zero-order valence-corrected chi connectivity index (χ0v) is 5.35. The second-order valence-electron chi connectivity index (χ2n) is 1.54. The lowest BCUT2D eigenvalue weighted by Gasteiger charge is -1.91. The maximum atomic E-state index is 10.5. The Hall–Kier alpha value is -0.900. The fraction of sp³-hybridized carbons (Fsp3) is 0. The van der Waals surface area contributed by atoms with Gasteiger partial charge in [-0.1, -0.05) is 0 Å². The predicted molar refractivity (Wildman–Crippen MR) is 36.0 cm³/mol. The number of pyridine rings is 1. The average Bonchev–Trinajstić information content (AvgIpc) is 1.83. The second kappa shape index (κ2) is 2.14. The minimum absolute atomic E-state index is 0.197. The van der Waals surface area contributed by atoms with Gasteiger partial charge in [0.1, 0.15) is 5.03 Å². The zero-order valence-electron chi connectivity index (χ0n) is 4.46. The van der Waals surface area contributed by atoms with Crippen LogP contribution < -0.4 is 5.43 Å². The van der Waals surface area contributed by atoms with Gasteiger partial charge in [-0.3, -0.25) is 4.79 Å². The van der Waals surface area contributed by atoms with Gasteiger partial charge in [-0.15, -0.1) is 12.6 Å². The van der Waals surface area contributed by atoms with Crippen LogP contribution in [-0.2, 0) is 0 Å². The third kappa shape index (κ3) is 1.08. The van der Waals surface area contributed by atoms with Crippen molar-refractivity contribution in [1.82, 2.24) is 4.98 Å². The van der Waals surface area contributed by atoms with E-state index in [-0.39, 0.29) is 10.8 Å². The summed E-state index contributed by atoms with van der Waals surface area (Å²) in [6.45, 7) is 0. The number of H-pyrrole nitrogens is 1. The quantitative estimate of drug-likeness (QED) is 0.459. The monoisotopic (exact) mass is 143 g/mol. The van der Waals surface area contributed by atoms with Gasteiger partial charge < -0.3 is 10.1 Å². The molecule has 0 aliphatic heterocycles. The molecule has 48 valence electrons. The Morgan fingerprint density at radius 3 is 2.78 bits per heavy atom. The second-order valence-corrected chi connectivity index (χ2v) is 1.99. The molecule has 0 amide bonds. The van der Waals surface area contributed by atoms with Crippen LogP contribution in [0.25, 0.3) is 0 Å². The first-order valence-electron chi connectivity index (χ1n) is 2.31. The molecule has 3 nitrogen and oxygen atoms in total. The van der Waals surface area contributed by atoms with Crippen LogP contribution in [0.5, 0.6) is 5.75 Å². The minimum atomic E-state index is -0.418. The van der Waals surface area contributed by atoms with Crippen LogP contribution in [0, 0.1) is 0 Å². The molecule has 0 bridgehead atoms. The van der Waals surface area contributed by atoms with Gasteiger partial charge in [-0.2, -0.15) is 0 Å². The van der Waals surface area contributed by atoms with Crippen molar-refractivity contribution in [3.63, 3.8) is 0 Å². The number of aromatic amines is 1. The first-order chi connectivity index (χ1) is 4.22. The van der Waals surface area contributed by atoms with Crippen molar-refractivity contribution < 1.29 is 5.11 Å². The van der Waals surface area contributed by atoms with E-state index in [2.05, 4.69) is 17.6 Å². The van der Waals surface area contributed by atoms with Gasteiger partial charge in [0.15, 0.2) is 5.75 Å². The molecule has 0 atom stereocenters. The van der Waals surface area contributed by atoms with Gasteiger partial charge in [0.25, 0.3) is 0 Å². The van der Waals surface area contributed by atoms with Crippen molar-refractivity contribution in [3.8, 4) is 5.75 Å². The highest BCUT2D eigenvalue weighted by Gasteiger charge is 1.97. The summed E-state index contributed by atoms with van der Waals surface area (Å²) < 4.78 is 0. The third-order valence-corrected chi connectivity index (χ3v) is 1.25. The van der Waals surface area contributed by atoms with E-state index >= 15 is 0 Å². The largest absolute Gasteiger partial charge is 0.502 e. The Labute approximate surface area is 56.8 Å². The molecule has 1 heterocycles. The van der Waals surface area contributed by atoms with Gasteiger partial charge in [-0.05, 0) is 0 Å².